The monoisotopic (exact) mass is 281 g/mol. The molecule has 108 valence electrons. The van der Waals surface area contributed by atoms with Crippen molar-refractivity contribution in [3.8, 4) is 0 Å². The molecule has 3 heteroatoms. The van der Waals surface area contributed by atoms with Gasteiger partial charge in [-0.1, -0.05) is 60.7 Å². The van der Waals surface area contributed by atoms with E-state index in [0.29, 0.717) is 6.42 Å². The third kappa shape index (κ3) is 3.14. The molecule has 0 amide bonds. The Labute approximate surface area is 124 Å². The molecular formula is C18H19NO2. The number of cyclic esters (lactones) is 1. The van der Waals surface area contributed by atoms with Crippen LogP contribution in [0, 0.1) is 0 Å². The van der Waals surface area contributed by atoms with Crippen LogP contribution in [0.2, 0.25) is 0 Å². The van der Waals surface area contributed by atoms with Crippen LogP contribution in [0.3, 0.4) is 0 Å². The third-order valence-electron chi connectivity index (χ3n) is 3.91. The molecule has 1 aliphatic rings. The van der Waals surface area contributed by atoms with Gasteiger partial charge in [0.15, 0.2) is 0 Å². The van der Waals surface area contributed by atoms with Gasteiger partial charge >= 0.3 is 5.97 Å². The maximum atomic E-state index is 12.0. The van der Waals surface area contributed by atoms with Gasteiger partial charge in [-0.25, -0.2) is 0 Å². The molecule has 0 unspecified atom stereocenters. The Morgan fingerprint density at radius 1 is 1.05 bits per heavy atom. The Morgan fingerprint density at radius 3 is 2.33 bits per heavy atom. The van der Waals surface area contributed by atoms with Gasteiger partial charge in [-0.05, 0) is 18.1 Å². The van der Waals surface area contributed by atoms with Gasteiger partial charge in [-0.3, -0.25) is 10.1 Å². The van der Waals surface area contributed by atoms with Gasteiger partial charge in [0, 0.05) is 12.5 Å². The van der Waals surface area contributed by atoms with Crippen LogP contribution in [0.5, 0.6) is 0 Å². The zero-order valence-electron chi connectivity index (χ0n) is 12.0. The van der Waals surface area contributed by atoms with Gasteiger partial charge in [0.25, 0.3) is 0 Å². The van der Waals surface area contributed by atoms with Gasteiger partial charge in [0.1, 0.15) is 12.1 Å². The minimum atomic E-state index is -0.245. The van der Waals surface area contributed by atoms with Crippen molar-refractivity contribution in [2.45, 2.75) is 31.5 Å². The normalized spacial score (nSPS) is 22.8. The van der Waals surface area contributed by atoms with Crippen LogP contribution in [0.15, 0.2) is 60.7 Å². The predicted octanol–water partition coefficient (Wildman–Crippen LogP) is 3.39. The summed E-state index contributed by atoms with van der Waals surface area (Å²) in [6.07, 6.45) is 0.541. The summed E-state index contributed by atoms with van der Waals surface area (Å²) in [4.78, 5) is 12.0. The highest BCUT2D eigenvalue weighted by Crippen LogP contribution is 2.30. The molecule has 1 N–H and O–H groups in total. The predicted molar refractivity (Wildman–Crippen MR) is 81.7 cm³/mol. The summed E-state index contributed by atoms with van der Waals surface area (Å²) in [5.41, 5.74) is 2.23. The van der Waals surface area contributed by atoms with Gasteiger partial charge in [-0.2, -0.15) is 0 Å². The molecule has 2 aromatic carbocycles. The number of hydrogen-bond acceptors (Lipinski definition) is 3. The topological polar surface area (TPSA) is 38.3 Å². The summed E-state index contributed by atoms with van der Waals surface area (Å²) in [5, 5.41) is 3.37. The molecule has 1 heterocycles. The van der Waals surface area contributed by atoms with Crippen molar-refractivity contribution in [2.75, 3.05) is 0 Å². The fourth-order valence-electron chi connectivity index (χ4n) is 2.73. The minimum absolute atomic E-state index is 0.123. The van der Waals surface area contributed by atoms with Gasteiger partial charge in [0.2, 0.25) is 0 Å². The number of nitrogens with one attached hydrogen (secondary N) is 1. The highest BCUT2D eigenvalue weighted by molar-refractivity contribution is 5.78. The van der Waals surface area contributed by atoms with Crippen LogP contribution in [-0.4, -0.2) is 12.0 Å². The standard InChI is InChI=1S/C18H19NO2/c1-13(14-8-4-2-5-9-14)19-16-12-17(21-18(16)20)15-10-6-3-7-11-15/h2-11,13,16-17,19H,12H2,1H3/t13-,16-,17+/m1/s1. The van der Waals surface area contributed by atoms with Crippen LogP contribution in [0.25, 0.3) is 0 Å². The Hall–Kier alpha value is -2.13. The van der Waals surface area contributed by atoms with Crippen LogP contribution < -0.4 is 5.32 Å². The molecular weight excluding hydrogens is 262 g/mol. The number of benzene rings is 2. The van der Waals surface area contributed by atoms with E-state index >= 15 is 0 Å². The lowest BCUT2D eigenvalue weighted by atomic mass is 10.0. The first-order chi connectivity index (χ1) is 10.2. The maximum absolute atomic E-state index is 12.0. The maximum Gasteiger partial charge on any atom is 0.323 e. The van der Waals surface area contributed by atoms with Crippen LogP contribution in [0.4, 0.5) is 0 Å². The van der Waals surface area contributed by atoms with E-state index in [4.69, 9.17) is 4.74 Å². The summed E-state index contributed by atoms with van der Waals surface area (Å²) < 4.78 is 5.50. The van der Waals surface area contributed by atoms with E-state index in [2.05, 4.69) is 24.4 Å². The van der Waals surface area contributed by atoms with E-state index in [-0.39, 0.29) is 24.2 Å². The highest BCUT2D eigenvalue weighted by atomic mass is 16.6. The molecule has 1 fully saturated rings. The molecule has 1 saturated heterocycles. The summed E-state index contributed by atoms with van der Waals surface area (Å²) in [5.74, 6) is -0.161. The average Bonchev–Trinajstić information content (AvgIpc) is 2.90. The molecule has 0 saturated carbocycles. The lowest BCUT2D eigenvalue weighted by Crippen LogP contribution is -2.35. The third-order valence-corrected chi connectivity index (χ3v) is 3.91. The van der Waals surface area contributed by atoms with Crippen LogP contribution >= 0.6 is 0 Å². The van der Waals surface area contributed by atoms with Crippen molar-refractivity contribution in [1.29, 1.82) is 0 Å². The first-order valence-electron chi connectivity index (χ1n) is 7.30. The molecule has 21 heavy (non-hydrogen) atoms. The number of hydrogen-bond donors (Lipinski definition) is 1. The van der Waals surface area contributed by atoms with Crippen molar-refractivity contribution in [1.82, 2.24) is 5.32 Å². The second-order valence-electron chi connectivity index (χ2n) is 5.42. The number of esters is 1. The zero-order valence-corrected chi connectivity index (χ0v) is 12.0. The molecule has 1 aliphatic heterocycles. The number of carbonyl (C=O) groups is 1. The van der Waals surface area contributed by atoms with E-state index in [1.54, 1.807) is 0 Å². The molecule has 2 aromatic rings. The quantitative estimate of drug-likeness (QED) is 0.873. The smallest absolute Gasteiger partial charge is 0.323 e. The Kier molecular flexibility index (Phi) is 4.02. The molecule has 0 radical (unpaired) electrons. The highest BCUT2D eigenvalue weighted by Gasteiger charge is 2.35. The first kappa shape index (κ1) is 13.8. The van der Waals surface area contributed by atoms with Gasteiger partial charge in [0.05, 0.1) is 0 Å². The fourth-order valence-corrected chi connectivity index (χ4v) is 2.73. The lowest BCUT2D eigenvalue weighted by Gasteiger charge is -2.17. The summed E-state index contributed by atoms with van der Waals surface area (Å²) in [7, 11) is 0. The van der Waals surface area contributed by atoms with E-state index in [1.807, 2.05) is 48.5 Å². The van der Waals surface area contributed by atoms with Gasteiger partial charge in [-0.15, -0.1) is 0 Å². The van der Waals surface area contributed by atoms with Crippen LogP contribution in [0.1, 0.15) is 36.6 Å². The molecule has 0 spiro atoms. The Morgan fingerprint density at radius 2 is 1.67 bits per heavy atom. The van der Waals surface area contributed by atoms with Crippen LogP contribution in [-0.2, 0) is 9.53 Å². The number of rotatable bonds is 4. The Bertz CT molecular complexity index is 597. The lowest BCUT2D eigenvalue weighted by molar-refractivity contribution is -0.143. The SMILES string of the molecule is C[C@@H](N[C@@H]1C[C@@H](c2ccccc2)OC1=O)c1ccccc1. The van der Waals surface area contributed by atoms with Crippen molar-refractivity contribution in [3.63, 3.8) is 0 Å². The van der Waals surface area contributed by atoms with Crippen molar-refractivity contribution in [3.05, 3.63) is 71.8 Å². The largest absolute Gasteiger partial charge is 0.456 e. The molecule has 0 aliphatic carbocycles. The number of carbonyl (C=O) groups excluding carboxylic acids is 1. The molecule has 3 rings (SSSR count). The van der Waals surface area contributed by atoms with E-state index in [1.165, 1.54) is 5.56 Å². The first-order valence-corrected chi connectivity index (χ1v) is 7.30. The summed E-state index contributed by atoms with van der Waals surface area (Å²) in [6, 6.07) is 19.9. The van der Waals surface area contributed by atoms with E-state index in [9.17, 15) is 4.79 Å². The Balaban J connectivity index is 1.66. The van der Waals surface area contributed by atoms with Crippen molar-refractivity contribution in [2.24, 2.45) is 0 Å². The minimum Gasteiger partial charge on any atom is -0.456 e. The van der Waals surface area contributed by atoms with Crippen molar-refractivity contribution < 1.29 is 9.53 Å². The number of ether oxygens (including phenoxy) is 1. The summed E-state index contributed by atoms with van der Waals surface area (Å²) >= 11 is 0. The van der Waals surface area contributed by atoms with E-state index < -0.39 is 0 Å². The van der Waals surface area contributed by atoms with E-state index in [0.717, 1.165) is 5.56 Å². The average molecular weight is 281 g/mol. The second kappa shape index (κ2) is 6.10. The molecule has 3 atom stereocenters. The fraction of sp³-hybridized carbons (Fsp3) is 0.278. The zero-order chi connectivity index (χ0) is 14.7. The summed E-state index contributed by atoms with van der Waals surface area (Å²) in [6.45, 7) is 2.07. The molecule has 0 bridgehead atoms. The molecule has 0 aromatic heterocycles. The van der Waals surface area contributed by atoms with Gasteiger partial charge < -0.3 is 4.74 Å². The second-order valence-corrected chi connectivity index (χ2v) is 5.42. The van der Waals surface area contributed by atoms with Crippen molar-refractivity contribution >= 4 is 5.97 Å². The molecule has 3 nitrogen and oxygen atoms in total.